The fraction of sp³-hybridized carbons (Fsp3) is 0.478. The number of carbonyl (C=O) groups is 1. The van der Waals surface area contributed by atoms with Gasteiger partial charge in [-0.05, 0) is 18.9 Å². The molecule has 0 aliphatic carbocycles. The topological polar surface area (TPSA) is 92.2 Å². The Morgan fingerprint density at radius 2 is 2.12 bits per heavy atom. The summed E-state index contributed by atoms with van der Waals surface area (Å²) in [6, 6.07) is 10.1. The Hall–Kier alpha value is -3.04. The van der Waals surface area contributed by atoms with E-state index >= 15 is 0 Å². The minimum Gasteiger partial charge on any atom is -0.378 e. The number of likely N-dealkylation sites (tertiary alicyclic amines) is 1. The Kier molecular flexibility index (Phi) is 7.28. The van der Waals surface area contributed by atoms with Gasteiger partial charge in [-0.2, -0.15) is 10.1 Å². The third-order valence-corrected chi connectivity index (χ3v) is 5.58. The van der Waals surface area contributed by atoms with E-state index in [1.165, 1.54) is 5.56 Å². The average Bonchev–Trinajstić information content (AvgIpc) is 3.28. The van der Waals surface area contributed by atoms with E-state index in [4.69, 9.17) is 9.47 Å². The quantitative estimate of drug-likeness (QED) is 0.523. The van der Waals surface area contributed by atoms with Crippen LogP contribution in [0.15, 0.2) is 35.4 Å². The molecule has 1 unspecified atom stereocenters. The highest BCUT2D eigenvalue weighted by molar-refractivity contribution is 5.80. The predicted molar refractivity (Wildman–Crippen MR) is 123 cm³/mol. The second kappa shape index (κ2) is 10.5. The summed E-state index contributed by atoms with van der Waals surface area (Å²) in [4.78, 5) is 24.8. The molecule has 32 heavy (non-hydrogen) atoms. The summed E-state index contributed by atoms with van der Waals surface area (Å²) in [6.45, 7) is 8.26. The van der Waals surface area contributed by atoms with Gasteiger partial charge in [0, 0.05) is 39.2 Å². The zero-order valence-corrected chi connectivity index (χ0v) is 18.7. The van der Waals surface area contributed by atoms with Crippen molar-refractivity contribution in [3.05, 3.63) is 47.2 Å². The fourth-order valence-electron chi connectivity index (χ4n) is 3.83. The molecule has 1 aromatic heterocycles. The highest BCUT2D eigenvalue weighted by atomic mass is 16.5. The number of anilines is 2. The molecule has 1 N–H and O–H groups in total. The van der Waals surface area contributed by atoms with E-state index in [1.54, 1.807) is 13.1 Å². The summed E-state index contributed by atoms with van der Waals surface area (Å²) >= 11 is 0. The Morgan fingerprint density at radius 1 is 1.28 bits per heavy atom. The van der Waals surface area contributed by atoms with Crippen LogP contribution in [0.4, 0.5) is 11.8 Å². The molecular weight excluding hydrogens is 408 g/mol. The van der Waals surface area contributed by atoms with Gasteiger partial charge < -0.3 is 19.3 Å². The van der Waals surface area contributed by atoms with E-state index in [0.717, 1.165) is 43.1 Å². The molecular formula is C23H30N6O3. The first-order valence-corrected chi connectivity index (χ1v) is 11.0. The lowest BCUT2D eigenvalue weighted by Gasteiger charge is -2.28. The second-order valence-electron chi connectivity index (χ2n) is 8.11. The van der Waals surface area contributed by atoms with E-state index in [1.807, 2.05) is 36.1 Å². The normalized spacial score (nSPS) is 19.0. The molecule has 2 fully saturated rings. The molecule has 2 aliphatic heterocycles. The molecule has 0 radical (unpaired) electrons. The Labute approximate surface area is 188 Å². The highest BCUT2D eigenvalue weighted by Gasteiger charge is 2.25. The zero-order chi connectivity index (χ0) is 22.3. The predicted octanol–water partition coefficient (Wildman–Crippen LogP) is 2.21. The number of nitrogens with zero attached hydrogens (tertiary/aromatic N) is 5. The number of rotatable bonds is 7. The van der Waals surface area contributed by atoms with Gasteiger partial charge in [0.25, 0.3) is 0 Å². The third kappa shape index (κ3) is 6.02. The van der Waals surface area contributed by atoms with Gasteiger partial charge in [-0.3, -0.25) is 4.79 Å². The maximum atomic E-state index is 11.6. The molecule has 3 heterocycles. The Bertz CT molecular complexity index is 960. The number of hydrazone groups is 1. The second-order valence-corrected chi connectivity index (χ2v) is 8.11. The molecule has 0 saturated carbocycles. The molecule has 2 aliphatic rings. The van der Waals surface area contributed by atoms with Crippen molar-refractivity contribution in [1.29, 1.82) is 0 Å². The van der Waals surface area contributed by atoms with E-state index in [9.17, 15) is 4.79 Å². The van der Waals surface area contributed by atoms with Crippen molar-refractivity contribution in [3.8, 4) is 0 Å². The minimum absolute atomic E-state index is 0.0245. The van der Waals surface area contributed by atoms with E-state index < -0.39 is 0 Å². The molecule has 4 rings (SSSR count). The van der Waals surface area contributed by atoms with Gasteiger partial charge in [-0.15, -0.1) is 0 Å². The SMILES string of the molecule is CC(=O)N1CCC(OCc2cc(N3CCOCC3)nc(N/N=C/c3cccc(C)c3)n2)C1. The van der Waals surface area contributed by atoms with Crippen LogP contribution in [0.25, 0.3) is 0 Å². The van der Waals surface area contributed by atoms with Crippen LogP contribution in [0, 0.1) is 6.92 Å². The lowest BCUT2D eigenvalue weighted by Crippen LogP contribution is -2.37. The van der Waals surface area contributed by atoms with Crippen LogP contribution in [0.3, 0.4) is 0 Å². The van der Waals surface area contributed by atoms with Crippen LogP contribution in [0.1, 0.15) is 30.2 Å². The summed E-state index contributed by atoms with van der Waals surface area (Å²) < 4.78 is 11.5. The maximum absolute atomic E-state index is 11.6. The summed E-state index contributed by atoms with van der Waals surface area (Å²) in [5, 5.41) is 4.32. The van der Waals surface area contributed by atoms with Crippen molar-refractivity contribution in [2.45, 2.75) is 33.0 Å². The van der Waals surface area contributed by atoms with Crippen LogP contribution in [0.5, 0.6) is 0 Å². The smallest absolute Gasteiger partial charge is 0.245 e. The van der Waals surface area contributed by atoms with Gasteiger partial charge in [0.1, 0.15) is 5.82 Å². The first kappa shape index (κ1) is 22.2. The molecule has 1 amide bonds. The monoisotopic (exact) mass is 438 g/mol. The lowest BCUT2D eigenvalue weighted by atomic mass is 10.2. The van der Waals surface area contributed by atoms with Gasteiger partial charge in [0.15, 0.2) is 0 Å². The molecule has 2 aromatic rings. The minimum atomic E-state index is 0.0245. The van der Waals surface area contributed by atoms with Crippen molar-refractivity contribution in [3.63, 3.8) is 0 Å². The number of benzene rings is 1. The number of nitrogens with one attached hydrogen (secondary N) is 1. The molecule has 170 valence electrons. The highest BCUT2D eigenvalue weighted by Crippen LogP contribution is 2.19. The summed E-state index contributed by atoms with van der Waals surface area (Å²) in [5.41, 5.74) is 5.91. The first-order chi connectivity index (χ1) is 15.6. The average molecular weight is 439 g/mol. The van der Waals surface area contributed by atoms with Gasteiger partial charge in [-0.1, -0.05) is 29.8 Å². The summed E-state index contributed by atoms with van der Waals surface area (Å²) in [5.74, 6) is 1.34. The molecule has 1 aromatic carbocycles. The Balaban J connectivity index is 1.45. The van der Waals surface area contributed by atoms with Crippen LogP contribution >= 0.6 is 0 Å². The van der Waals surface area contributed by atoms with Crippen LogP contribution in [0.2, 0.25) is 0 Å². The maximum Gasteiger partial charge on any atom is 0.245 e. The number of hydrogen-bond donors (Lipinski definition) is 1. The zero-order valence-electron chi connectivity index (χ0n) is 18.7. The Morgan fingerprint density at radius 3 is 2.88 bits per heavy atom. The van der Waals surface area contributed by atoms with Crippen molar-refractivity contribution in [1.82, 2.24) is 14.9 Å². The van der Waals surface area contributed by atoms with Gasteiger partial charge in [0.2, 0.25) is 11.9 Å². The molecule has 1 atom stereocenters. The number of amides is 1. The van der Waals surface area contributed by atoms with Crippen molar-refractivity contribution in [2.75, 3.05) is 49.7 Å². The van der Waals surface area contributed by atoms with Gasteiger partial charge in [0.05, 0.1) is 37.8 Å². The largest absolute Gasteiger partial charge is 0.378 e. The van der Waals surface area contributed by atoms with Crippen molar-refractivity contribution in [2.24, 2.45) is 5.10 Å². The van der Waals surface area contributed by atoms with E-state index in [0.29, 0.717) is 32.3 Å². The van der Waals surface area contributed by atoms with Crippen LogP contribution < -0.4 is 10.3 Å². The standard InChI is InChI=1S/C23H30N6O3/c1-17-4-3-5-19(12-17)14-24-27-23-25-20(13-22(26-23)28-8-10-31-11-9-28)16-32-21-6-7-29(15-21)18(2)30/h3-5,12-14,21H,6-11,15-16H2,1-2H3,(H,25,26,27)/b24-14+. The number of carbonyl (C=O) groups excluding carboxylic acids is 1. The van der Waals surface area contributed by atoms with Crippen LogP contribution in [-0.2, 0) is 20.9 Å². The number of aromatic nitrogens is 2. The molecule has 9 heteroatoms. The summed E-state index contributed by atoms with van der Waals surface area (Å²) in [6.07, 6.45) is 2.62. The van der Waals surface area contributed by atoms with Gasteiger partial charge >= 0.3 is 0 Å². The third-order valence-electron chi connectivity index (χ3n) is 5.58. The first-order valence-electron chi connectivity index (χ1n) is 11.0. The van der Waals surface area contributed by atoms with E-state index in [-0.39, 0.29) is 12.0 Å². The molecule has 0 spiro atoms. The van der Waals surface area contributed by atoms with Gasteiger partial charge in [-0.25, -0.2) is 10.4 Å². The molecule has 2 saturated heterocycles. The van der Waals surface area contributed by atoms with Crippen molar-refractivity contribution >= 4 is 23.9 Å². The summed E-state index contributed by atoms with van der Waals surface area (Å²) in [7, 11) is 0. The van der Waals surface area contributed by atoms with Crippen LogP contribution in [-0.4, -0.2) is 72.5 Å². The fourth-order valence-corrected chi connectivity index (χ4v) is 3.83. The number of morpholine rings is 1. The van der Waals surface area contributed by atoms with E-state index in [2.05, 4.69) is 31.5 Å². The van der Waals surface area contributed by atoms with Crippen molar-refractivity contribution < 1.29 is 14.3 Å². The number of ether oxygens (including phenoxy) is 2. The number of hydrogen-bond acceptors (Lipinski definition) is 8. The molecule has 9 nitrogen and oxygen atoms in total. The number of aryl methyl sites for hydroxylation is 1. The molecule has 0 bridgehead atoms. The lowest BCUT2D eigenvalue weighted by molar-refractivity contribution is -0.128.